The highest BCUT2D eigenvalue weighted by molar-refractivity contribution is 5.95. The van der Waals surface area contributed by atoms with E-state index in [0.29, 0.717) is 37.4 Å². The van der Waals surface area contributed by atoms with Crippen LogP contribution in [-0.4, -0.2) is 39.8 Å². The van der Waals surface area contributed by atoms with Gasteiger partial charge in [-0.1, -0.05) is 18.2 Å². The van der Waals surface area contributed by atoms with Crippen molar-refractivity contribution in [1.82, 2.24) is 14.7 Å². The van der Waals surface area contributed by atoms with Crippen LogP contribution < -0.4 is 4.74 Å². The number of rotatable bonds is 5. The molecule has 0 N–H and O–H groups in total. The van der Waals surface area contributed by atoms with Gasteiger partial charge >= 0.3 is 0 Å². The highest BCUT2D eigenvalue weighted by Crippen LogP contribution is 2.42. The van der Waals surface area contributed by atoms with E-state index in [9.17, 15) is 13.6 Å². The maximum atomic E-state index is 13.9. The average molecular weight is 423 g/mol. The molecule has 0 radical (unpaired) electrons. The summed E-state index contributed by atoms with van der Waals surface area (Å²) < 4.78 is 34.5. The van der Waals surface area contributed by atoms with Crippen LogP contribution in [0.4, 0.5) is 8.78 Å². The first-order chi connectivity index (χ1) is 15.1. The third-order valence-corrected chi connectivity index (χ3v) is 5.92. The number of nitrogens with zero attached hydrogens (tertiary/aromatic N) is 3. The Labute approximate surface area is 179 Å². The molecule has 1 aliphatic carbocycles. The van der Waals surface area contributed by atoms with Crippen molar-refractivity contribution >= 4 is 5.91 Å². The molecular weight excluding hydrogens is 400 g/mol. The first-order valence-electron chi connectivity index (χ1n) is 10.6. The Balaban J connectivity index is 1.28. The van der Waals surface area contributed by atoms with Crippen LogP contribution in [-0.2, 0) is 0 Å². The van der Waals surface area contributed by atoms with Gasteiger partial charge in [-0.3, -0.25) is 4.79 Å². The molecule has 0 atom stereocenters. The summed E-state index contributed by atoms with van der Waals surface area (Å²) in [6.45, 7) is 1.04. The van der Waals surface area contributed by atoms with Crippen LogP contribution >= 0.6 is 0 Å². The fourth-order valence-electron chi connectivity index (χ4n) is 4.14. The van der Waals surface area contributed by atoms with Crippen LogP contribution in [0, 0.1) is 11.6 Å². The van der Waals surface area contributed by atoms with Gasteiger partial charge in [0.1, 0.15) is 11.9 Å². The van der Waals surface area contributed by atoms with E-state index in [4.69, 9.17) is 4.74 Å². The second kappa shape index (κ2) is 8.13. The van der Waals surface area contributed by atoms with Crippen LogP contribution in [0.5, 0.6) is 5.75 Å². The zero-order chi connectivity index (χ0) is 21.4. The molecule has 1 saturated carbocycles. The molecule has 2 aliphatic rings. The van der Waals surface area contributed by atoms with E-state index < -0.39 is 11.6 Å². The number of amides is 1. The number of benzene rings is 2. The van der Waals surface area contributed by atoms with Crippen LogP contribution in [0.2, 0.25) is 0 Å². The van der Waals surface area contributed by atoms with Gasteiger partial charge in [0.2, 0.25) is 0 Å². The maximum Gasteiger partial charge on any atom is 0.257 e. The van der Waals surface area contributed by atoms with Gasteiger partial charge in [0.25, 0.3) is 5.91 Å². The van der Waals surface area contributed by atoms with E-state index in [1.54, 1.807) is 6.20 Å². The van der Waals surface area contributed by atoms with E-state index in [1.165, 1.54) is 12.1 Å². The van der Waals surface area contributed by atoms with E-state index >= 15 is 0 Å². The molecule has 0 spiro atoms. The van der Waals surface area contributed by atoms with Gasteiger partial charge in [0.15, 0.2) is 11.6 Å². The number of carbonyl (C=O) groups is 1. The summed E-state index contributed by atoms with van der Waals surface area (Å²) in [4.78, 5) is 15.1. The predicted molar refractivity (Wildman–Crippen MR) is 111 cm³/mol. The highest BCUT2D eigenvalue weighted by Gasteiger charge is 2.35. The van der Waals surface area contributed by atoms with Gasteiger partial charge in [-0.25, -0.2) is 13.5 Å². The quantitative estimate of drug-likeness (QED) is 0.597. The molecule has 2 aromatic carbocycles. The van der Waals surface area contributed by atoms with Crippen LogP contribution in [0.3, 0.4) is 0 Å². The minimum Gasteiger partial charge on any atom is -0.487 e. The average Bonchev–Trinajstić information content (AvgIpc) is 3.54. The second-order valence-corrected chi connectivity index (χ2v) is 8.15. The highest BCUT2D eigenvalue weighted by atomic mass is 19.1. The number of piperidine rings is 1. The fraction of sp³-hybridized carbons (Fsp3) is 0.333. The van der Waals surface area contributed by atoms with Crippen LogP contribution in [0.15, 0.2) is 54.7 Å². The van der Waals surface area contributed by atoms with Gasteiger partial charge < -0.3 is 9.64 Å². The SMILES string of the molecule is O=C(c1cnn(-c2ccccc2)c1C1CC1)N1CCC(Oc2ccc(F)cc2F)CC1. The van der Waals surface area contributed by atoms with Crippen molar-refractivity contribution in [2.24, 2.45) is 0 Å². The summed E-state index contributed by atoms with van der Waals surface area (Å²) in [5, 5.41) is 4.52. The van der Waals surface area contributed by atoms with Gasteiger partial charge in [0.05, 0.1) is 23.1 Å². The first kappa shape index (κ1) is 19.7. The summed E-state index contributed by atoms with van der Waals surface area (Å²) in [6.07, 6.45) is 4.79. The Morgan fingerprint density at radius 1 is 1.00 bits per heavy atom. The smallest absolute Gasteiger partial charge is 0.257 e. The predicted octanol–water partition coefficient (Wildman–Crippen LogP) is 4.71. The monoisotopic (exact) mass is 423 g/mol. The van der Waals surface area contributed by atoms with E-state index in [-0.39, 0.29) is 17.8 Å². The molecule has 160 valence electrons. The largest absolute Gasteiger partial charge is 0.487 e. The number of halogens is 2. The Bertz CT molecular complexity index is 1090. The molecule has 0 bridgehead atoms. The molecule has 2 heterocycles. The van der Waals surface area contributed by atoms with E-state index in [0.717, 1.165) is 30.3 Å². The number of para-hydroxylation sites is 1. The number of hydrogen-bond acceptors (Lipinski definition) is 3. The topological polar surface area (TPSA) is 47.4 Å². The molecule has 5 nitrogen and oxygen atoms in total. The van der Waals surface area contributed by atoms with E-state index in [2.05, 4.69) is 5.10 Å². The van der Waals surface area contributed by atoms with E-state index in [1.807, 2.05) is 39.9 Å². The lowest BCUT2D eigenvalue weighted by Gasteiger charge is -2.32. The number of hydrogen-bond donors (Lipinski definition) is 0. The lowest BCUT2D eigenvalue weighted by Crippen LogP contribution is -2.42. The second-order valence-electron chi connectivity index (χ2n) is 8.15. The number of aromatic nitrogens is 2. The Morgan fingerprint density at radius 2 is 1.74 bits per heavy atom. The lowest BCUT2D eigenvalue weighted by atomic mass is 10.1. The van der Waals surface area contributed by atoms with Gasteiger partial charge in [-0.2, -0.15) is 5.10 Å². The molecule has 3 aromatic rings. The number of likely N-dealkylation sites (tertiary alicyclic amines) is 1. The minimum atomic E-state index is -0.707. The summed E-state index contributed by atoms with van der Waals surface area (Å²) in [7, 11) is 0. The molecule has 1 saturated heterocycles. The molecule has 5 rings (SSSR count). The Hall–Kier alpha value is -3.22. The fourth-order valence-corrected chi connectivity index (χ4v) is 4.14. The lowest BCUT2D eigenvalue weighted by molar-refractivity contribution is 0.0587. The van der Waals surface area contributed by atoms with Crippen molar-refractivity contribution < 1.29 is 18.3 Å². The number of ether oxygens (including phenoxy) is 1. The Morgan fingerprint density at radius 3 is 2.42 bits per heavy atom. The maximum absolute atomic E-state index is 13.9. The molecule has 7 heteroatoms. The third kappa shape index (κ3) is 4.04. The summed E-state index contributed by atoms with van der Waals surface area (Å²) in [5.41, 5.74) is 2.61. The molecule has 0 unspecified atom stereocenters. The zero-order valence-electron chi connectivity index (χ0n) is 17.0. The minimum absolute atomic E-state index is 0.0181. The van der Waals surface area contributed by atoms with Gasteiger partial charge in [-0.15, -0.1) is 0 Å². The van der Waals surface area contributed by atoms with Gasteiger partial charge in [-0.05, 0) is 37.1 Å². The third-order valence-electron chi connectivity index (χ3n) is 5.92. The molecule has 31 heavy (non-hydrogen) atoms. The van der Waals surface area contributed by atoms with Crippen LogP contribution in [0.25, 0.3) is 5.69 Å². The van der Waals surface area contributed by atoms with Crippen LogP contribution in [0.1, 0.15) is 47.7 Å². The van der Waals surface area contributed by atoms with Crippen molar-refractivity contribution in [2.45, 2.75) is 37.7 Å². The molecule has 2 fully saturated rings. The summed E-state index contributed by atoms with van der Waals surface area (Å²) in [6, 6.07) is 13.2. The van der Waals surface area contributed by atoms with Gasteiger partial charge in [0, 0.05) is 37.9 Å². The summed E-state index contributed by atoms with van der Waals surface area (Å²) in [5.74, 6) is -0.945. The molecular formula is C24H23F2N3O2. The Kier molecular flexibility index (Phi) is 5.18. The van der Waals surface area contributed by atoms with Crippen molar-refractivity contribution in [3.8, 4) is 11.4 Å². The van der Waals surface area contributed by atoms with Crippen molar-refractivity contribution in [3.05, 3.63) is 77.6 Å². The molecule has 1 aliphatic heterocycles. The van der Waals surface area contributed by atoms with Crippen molar-refractivity contribution in [1.29, 1.82) is 0 Å². The molecule has 1 amide bonds. The summed E-state index contributed by atoms with van der Waals surface area (Å²) >= 11 is 0. The number of carbonyl (C=O) groups excluding carboxylic acids is 1. The van der Waals surface area contributed by atoms with Crippen molar-refractivity contribution in [3.63, 3.8) is 0 Å². The standard InChI is InChI=1S/C24H23F2N3O2/c25-17-8-9-22(21(26)14-17)31-19-10-12-28(13-11-19)24(30)20-15-27-29(23(20)16-6-7-16)18-4-2-1-3-5-18/h1-5,8-9,14-16,19H,6-7,10-13H2. The first-order valence-corrected chi connectivity index (χ1v) is 10.6. The zero-order valence-corrected chi connectivity index (χ0v) is 17.0. The normalized spacial score (nSPS) is 17.0. The molecule has 1 aromatic heterocycles. The van der Waals surface area contributed by atoms with Crippen molar-refractivity contribution in [2.75, 3.05) is 13.1 Å².